The van der Waals surface area contributed by atoms with Gasteiger partial charge in [0.2, 0.25) is 0 Å². The van der Waals surface area contributed by atoms with Crippen molar-refractivity contribution in [2.45, 2.75) is 32.9 Å². The standard InChI is InChI=1S/C15H24BrNO2S/c1-5-6-19-15-13(16)7-12(8-14(15)18-3)9-17-11(2)10-20-4/h7-8,11,17H,5-6,9-10H2,1-4H3. The van der Waals surface area contributed by atoms with Crippen molar-refractivity contribution in [3.63, 3.8) is 0 Å². The number of hydrogen-bond donors (Lipinski definition) is 1. The number of halogens is 1. The van der Waals surface area contributed by atoms with Gasteiger partial charge in [0.15, 0.2) is 11.5 Å². The van der Waals surface area contributed by atoms with Gasteiger partial charge in [-0.3, -0.25) is 0 Å². The Morgan fingerprint density at radius 2 is 2.15 bits per heavy atom. The number of rotatable bonds is 9. The first-order chi connectivity index (χ1) is 9.62. The summed E-state index contributed by atoms with van der Waals surface area (Å²) in [7, 11) is 1.67. The largest absolute Gasteiger partial charge is 0.493 e. The molecule has 1 atom stereocenters. The molecule has 1 N–H and O–H groups in total. The molecule has 0 saturated carbocycles. The molecule has 0 aliphatic heterocycles. The van der Waals surface area contributed by atoms with Crippen molar-refractivity contribution in [1.29, 1.82) is 0 Å². The van der Waals surface area contributed by atoms with Crippen molar-refractivity contribution in [1.82, 2.24) is 5.32 Å². The predicted octanol–water partition coefficient (Wildman–Crippen LogP) is 4.09. The lowest BCUT2D eigenvalue weighted by atomic mass is 10.2. The lowest BCUT2D eigenvalue weighted by Gasteiger charge is -2.16. The summed E-state index contributed by atoms with van der Waals surface area (Å²) >= 11 is 5.42. The molecule has 1 aromatic carbocycles. The van der Waals surface area contributed by atoms with E-state index in [0.717, 1.165) is 34.7 Å². The molecule has 0 aliphatic rings. The molecule has 0 saturated heterocycles. The van der Waals surface area contributed by atoms with E-state index in [9.17, 15) is 0 Å². The van der Waals surface area contributed by atoms with E-state index < -0.39 is 0 Å². The van der Waals surface area contributed by atoms with E-state index in [2.05, 4.69) is 47.4 Å². The van der Waals surface area contributed by atoms with Gasteiger partial charge in [0.05, 0.1) is 18.2 Å². The fourth-order valence-electron chi connectivity index (χ4n) is 1.82. The van der Waals surface area contributed by atoms with Crippen LogP contribution < -0.4 is 14.8 Å². The Labute approximate surface area is 134 Å². The lowest BCUT2D eigenvalue weighted by Crippen LogP contribution is -2.27. The van der Waals surface area contributed by atoms with Crippen LogP contribution in [0.2, 0.25) is 0 Å². The van der Waals surface area contributed by atoms with Crippen molar-refractivity contribution < 1.29 is 9.47 Å². The summed E-state index contributed by atoms with van der Waals surface area (Å²) < 4.78 is 12.1. The van der Waals surface area contributed by atoms with Gasteiger partial charge in [0.25, 0.3) is 0 Å². The van der Waals surface area contributed by atoms with Gasteiger partial charge in [0.1, 0.15) is 0 Å². The molecule has 1 rings (SSSR count). The predicted molar refractivity (Wildman–Crippen MR) is 91.2 cm³/mol. The van der Waals surface area contributed by atoms with Crippen molar-refractivity contribution in [3.05, 3.63) is 22.2 Å². The summed E-state index contributed by atoms with van der Waals surface area (Å²) in [6.07, 6.45) is 3.10. The van der Waals surface area contributed by atoms with Gasteiger partial charge in [-0.2, -0.15) is 11.8 Å². The second-order valence-corrected chi connectivity index (χ2v) is 6.46. The Balaban J connectivity index is 2.76. The zero-order valence-corrected chi connectivity index (χ0v) is 15.1. The van der Waals surface area contributed by atoms with Crippen LogP contribution in [0.1, 0.15) is 25.8 Å². The molecule has 0 amide bonds. The maximum atomic E-state index is 5.73. The van der Waals surface area contributed by atoms with Crippen LogP contribution in [0.25, 0.3) is 0 Å². The van der Waals surface area contributed by atoms with Gasteiger partial charge in [-0.25, -0.2) is 0 Å². The molecular formula is C15H24BrNO2S. The second-order valence-electron chi connectivity index (χ2n) is 4.69. The molecule has 0 radical (unpaired) electrons. The van der Waals surface area contributed by atoms with Crippen LogP contribution in [0.3, 0.4) is 0 Å². The van der Waals surface area contributed by atoms with E-state index in [1.807, 2.05) is 17.8 Å². The molecule has 114 valence electrons. The quantitative estimate of drug-likeness (QED) is 0.717. The van der Waals surface area contributed by atoms with Gasteiger partial charge in [-0.05, 0) is 53.2 Å². The molecule has 3 nitrogen and oxygen atoms in total. The van der Waals surface area contributed by atoms with Gasteiger partial charge in [-0.15, -0.1) is 0 Å². The minimum Gasteiger partial charge on any atom is -0.493 e. The topological polar surface area (TPSA) is 30.5 Å². The zero-order chi connectivity index (χ0) is 15.0. The van der Waals surface area contributed by atoms with Crippen LogP contribution in [-0.4, -0.2) is 31.8 Å². The highest BCUT2D eigenvalue weighted by atomic mass is 79.9. The molecule has 0 spiro atoms. The summed E-state index contributed by atoms with van der Waals surface area (Å²) in [5.74, 6) is 2.67. The maximum Gasteiger partial charge on any atom is 0.175 e. The third-order valence-corrected chi connectivity index (χ3v) is 4.23. The second kappa shape index (κ2) is 9.53. The monoisotopic (exact) mass is 361 g/mol. The minimum absolute atomic E-state index is 0.491. The maximum absolute atomic E-state index is 5.73. The molecular weight excluding hydrogens is 338 g/mol. The fourth-order valence-corrected chi connectivity index (χ4v) is 3.04. The van der Waals surface area contributed by atoms with Crippen molar-refractivity contribution in [2.75, 3.05) is 25.7 Å². The smallest absolute Gasteiger partial charge is 0.175 e. The van der Waals surface area contributed by atoms with E-state index in [1.54, 1.807) is 7.11 Å². The molecule has 1 unspecified atom stereocenters. The number of hydrogen-bond acceptors (Lipinski definition) is 4. The summed E-state index contributed by atoms with van der Waals surface area (Å²) in [5, 5.41) is 3.50. The van der Waals surface area contributed by atoms with E-state index in [0.29, 0.717) is 12.6 Å². The van der Waals surface area contributed by atoms with Crippen molar-refractivity contribution in [2.24, 2.45) is 0 Å². The highest BCUT2D eigenvalue weighted by molar-refractivity contribution is 9.10. The third-order valence-electron chi connectivity index (χ3n) is 2.81. The highest BCUT2D eigenvalue weighted by Gasteiger charge is 2.12. The Morgan fingerprint density at radius 1 is 1.40 bits per heavy atom. The lowest BCUT2D eigenvalue weighted by molar-refractivity contribution is 0.292. The first-order valence-corrected chi connectivity index (χ1v) is 9.02. The van der Waals surface area contributed by atoms with Crippen LogP contribution in [0.5, 0.6) is 11.5 Å². The van der Waals surface area contributed by atoms with Gasteiger partial charge < -0.3 is 14.8 Å². The molecule has 5 heteroatoms. The Kier molecular flexibility index (Phi) is 8.41. The first kappa shape index (κ1) is 17.7. The molecule has 0 fully saturated rings. The van der Waals surface area contributed by atoms with Gasteiger partial charge >= 0.3 is 0 Å². The van der Waals surface area contributed by atoms with Crippen molar-refractivity contribution >= 4 is 27.7 Å². The van der Waals surface area contributed by atoms with E-state index >= 15 is 0 Å². The van der Waals surface area contributed by atoms with E-state index in [1.165, 1.54) is 5.56 Å². The number of nitrogens with one attached hydrogen (secondary N) is 1. The van der Waals surface area contributed by atoms with E-state index in [-0.39, 0.29) is 0 Å². The normalized spacial score (nSPS) is 12.2. The average molecular weight is 362 g/mol. The molecule has 0 aromatic heterocycles. The van der Waals surface area contributed by atoms with Gasteiger partial charge in [0, 0.05) is 18.3 Å². The number of ether oxygens (including phenoxy) is 2. The summed E-state index contributed by atoms with van der Waals surface area (Å²) in [6, 6.07) is 4.62. The minimum atomic E-state index is 0.491. The first-order valence-electron chi connectivity index (χ1n) is 6.83. The SMILES string of the molecule is CCCOc1c(Br)cc(CNC(C)CSC)cc1OC. The number of thioether (sulfide) groups is 1. The van der Waals surface area contributed by atoms with Crippen LogP contribution in [0.4, 0.5) is 0 Å². The van der Waals surface area contributed by atoms with Crippen LogP contribution in [0, 0.1) is 0 Å². The Bertz CT molecular complexity index is 415. The number of benzene rings is 1. The molecule has 0 aliphatic carbocycles. The zero-order valence-electron chi connectivity index (χ0n) is 12.7. The fraction of sp³-hybridized carbons (Fsp3) is 0.600. The molecule has 20 heavy (non-hydrogen) atoms. The Hall–Kier alpha value is -0.390. The van der Waals surface area contributed by atoms with Crippen molar-refractivity contribution in [3.8, 4) is 11.5 Å². The van der Waals surface area contributed by atoms with E-state index in [4.69, 9.17) is 9.47 Å². The molecule has 0 bridgehead atoms. The summed E-state index contributed by atoms with van der Waals surface area (Å²) in [4.78, 5) is 0. The van der Waals surface area contributed by atoms with Crippen LogP contribution in [-0.2, 0) is 6.54 Å². The number of methoxy groups -OCH3 is 1. The highest BCUT2D eigenvalue weighted by Crippen LogP contribution is 2.36. The summed E-state index contributed by atoms with van der Waals surface area (Å²) in [5.41, 5.74) is 1.19. The molecule has 0 heterocycles. The van der Waals surface area contributed by atoms with Gasteiger partial charge in [-0.1, -0.05) is 6.92 Å². The third kappa shape index (κ3) is 5.54. The average Bonchev–Trinajstić information content (AvgIpc) is 2.43. The molecule has 1 aromatic rings. The summed E-state index contributed by atoms with van der Waals surface area (Å²) in [6.45, 7) is 5.80. The van der Waals surface area contributed by atoms with Crippen LogP contribution >= 0.6 is 27.7 Å². The Morgan fingerprint density at radius 3 is 2.75 bits per heavy atom. The van der Waals surface area contributed by atoms with Crippen LogP contribution in [0.15, 0.2) is 16.6 Å².